The Morgan fingerprint density at radius 3 is 2.29 bits per heavy atom. The normalized spacial score (nSPS) is 16.6. The Balaban J connectivity index is 1.63. The van der Waals surface area contributed by atoms with Gasteiger partial charge in [-0.2, -0.15) is 0 Å². The van der Waals surface area contributed by atoms with E-state index < -0.39 is 17.7 Å². The summed E-state index contributed by atoms with van der Waals surface area (Å²) in [6, 6.07) is 21.5. The SMILES string of the molecule is CCOc1ccc(C2C(=C(O)c3ccc(OCc4cccc(C)c4)cc3)C(=O)C(=O)N2CCCOC)cc1. The molecule has 38 heavy (non-hydrogen) atoms. The van der Waals surface area contributed by atoms with Gasteiger partial charge in [0, 0.05) is 25.8 Å². The minimum Gasteiger partial charge on any atom is -0.507 e. The zero-order valence-corrected chi connectivity index (χ0v) is 22.0. The molecule has 3 aromatic rings. The smallest absolute Gasteiger partial charge is 0.295 e. The van der Waals surface area contributed by atoms with E-state index in [1.165, 1.54) is 4.90 Å². The zero-order chi connectivity index (χ0) is 27.1. The number of aliphatic hydroxyl groups excluding tert-OH is 1. The number of carbonyl (C=O) groups excluding carboxylic acids is 2. The van der Waals surface area contributed by atoms with Crippen molar-refractivity contribution in [1.29, 1.82) is 0 Å². The van der Waals surface area contributed by atoms with Crippen LogP contribution in [-0.2, 0) is 20.9 Å². The van der Waals surface area contributed by atoms with Gasteiger partial charge in [0.25, 0.3) is 11.7 Å². The van der Waals surface area contributed by atoms with Gasteiger partial charge in [-0.05, 0) is 67.8 Å². The lowest BCUT2D eigenvalue weighted by molar-refractivity contribution is -0.140. The van der Waals surface area contributed by atoms with E-state index in [0.29, 0.717) is 55.4 Å². The number of benzene rings is 3. The number of rotatable bonds is 11. The highest BCUT2D eigenvalue weighted by Gasteiger charge is 2.45. The highest BCUT2D eigenvalue weighted by Crippen LogP contribution is 2.40. The molecule has 7 heteroatoms. The van der Waals surface area contributed by atoms with Gasteiger partial charge >= 0.3 is 0 Å². The predicted octanol–water partition coefficient (Wildman–Crippen LogP) is 5.43. The Hall–Kier alpha value is -4.10. The molecule has 0 saturated carbocycles. The second kappa shape index (κ2) is 12.4. The molecule has 1 aliphatic rings. The molecule has 3 aromatic carbocycles. The molecule has 1 aliphatic heterocycles. The summed E-state index contributed by atoms with van der Waals surface area (Å²) in [6.07, 6.45) is 0.560. The molecule has 0 bridgehead atoms. The Labute approximate surface area is 223 Å². The van der Waals surface area contributed by atoms with Crippen molar-refractivity contribution in [3.8, 4) is 11.5 Å². The number of aryl methyl sites for hydroxylation is 1. The molecule has 4 rings (SSSR count). The van der Waals surface area contributed by atoms with E-state index in [-0.39, 0.29) is 11.3 Å². The van der Waals surface area contributed by atoms with E-state index >= 15 is 0 Å². The number of aliphatic hydroxyl groups is 1. The van der Waals surface area contributed by atoms with Crippen molar-refractivity contribution in [3.05, 3.63) is 101 Å². The number of nitrogens with zero attached hydrogens (tertiary/aromatic N) is 1. The van der Waals surface area contributed by atoms with Crippen LogP contribution in [0.2, 0.25) is 0 Å². The first-order valence-corrected chi connectivity index (χ1v) is 12.7. The summed E-state index contributed by atoms with van der Waals surface area (Å²) in [7, 11) is 1.59. The minimum atomic E-state index is -0.722. The van der Waals surface area contributed by atoms with Crippen molar-refractivity contribution in [2.75, 3.05) is 26.9 Å². The van der Waals surface area contributed by atoms with Gasteiger partial charge in [-0.25, -0.2) is 0 Å². The van der Waals surface area contributed by atoms with Crippen LogP contribution in [0.1, 0.15) is 41.6 Å². The summed E-state index contributed by atoms with van der Waals surface area (Å²) in [5, 5.41) is 11.3. The molecule has 1 amide bonds. The molecule has 1 fully saturated rings. The van der Waals surface area contributed by atoms with Crippen molar-refractivity contribution in [1.82, 2.24) is 4.90 Å². The zero-order valence-electron chi connectivity index (χ0n) is 22.0. The second-order valence-electron chi connectivity index (χ2n) is 9.14. The Kier molecular flexibility index (Phi) is 8.81. The van der Waals surface area contributed by atoms with Crippen molar-refractivity contribution < 1.29 is 28.9 Å². The number of ether oxygens (including phenoxy) is 3. The van der Waals surface area contributed by atoms with Gasteiger partial charge in [0.05, 0.1) is 18.2 Å². The highest BCUT2D eigenvalue weighted by molar-refractivity contribution is 6.46. The van der Waals surface area contributed by atoms with Crippen LogP contribution in [0.5, 0.6) is 11.5 Å². The molecule has 1 atom stereocenters. The summed E-state index contributed by atoms with van der Waals surface area (Å²) in [5.41, 5.74) is 3.42. The van der Waals surface area contributed by atoms with E-state index in [2.05, 4.69) is 6.07 Å². The van der Waals surface area contributed by atoms with Crippen molar-refractivity contribution in [2.45, 2.75) is 32.9 Å². The molecular weight excluding hydrogens is 482 g/mol. The number of ketones is 1. The van der Waals surface area contributed by atoms with Gasteiger partial charge in [-0.3, -0.25) is 9.59 Å². The van der Waals surface area contributed by atoms with Crippen molar-refractivity contribution in [2.24, 2.45) is 0 Å². The van der Waals surface area contributed by atoms with E-state index in [1.54, 1.807) is 43.5 Å². The van der Waals surface area contributed by atoms with Crippen LogP contribution in [0.4, 0.5) is 0 Å². The molecule has 1 heterocycles. The fourth-order valence-electron chi connectivity index (χ4n) is 4.58. The molecule has 7 nitrogen and oxygen atoms in total. The van der Waals surface area contributed by atoms with Gasteiger partial charge in [0.15, 0.2) is 0 Å². The highest BCUT2D eigenvalue weighted by atomic mass is 16.5. The van der Waals surface area contributed by atoms with Crippen LogP contribution in [0.15, 0.2) is 78.4 Å². The van der Waals surface area contributed by atoms with Gasteiger partial charge in [0.1, 0.15) is 23.9 Å². The standard InChI is InChI=1S/C31H33NO6/c1-4-37-25-13-9-23(10-14-25)28-27(30(34)31(35)32(28)17-6-18-36-3)29(33)24-11-15-26(16-12-24)38-20-22-8-5-7-21(2)19-22/h5,7-16,19,28,33H,4,6,17-18,20H2,1-3H3. The lowest BCUT2D eigenvalue weighted by Crippen LogP contribution is -2.31. The minimum absolute atomic E-state index is 0.0602. The third kappa shape index (κ3) is 6.06. The topological polar surface area (TPSA) is 85.3 Å². The molecule has 198 valence electrons. The molecule has 0 aliphatic carbocycles. The monoisotopic (exact) mass is 515 g/mol. The van der Waals surface area contributed by atoms with Gasteiger partial charge in [-0.1, -0.05) is 42.0 Å². The van der Waals surface area contributed by atoms with E-state index in [1.807, 2.05) is 44.2 Å². The largest absolute Gasteiger partial charge is 0.507 e. The average Bonchev–Trinajstić information content (AvgIpc) is 3.18. The third-order valence-electron chi connectivity index (χ3n) is 6.41. The summed E-state index contributed by atoms with van der Waals surface area (Å²) < 4.78 is 16.6. The summed E-state index contributed by atoms with van der Waals surface area (Å²) >= 11 is 0. The van der Waals surface area contributed by atoms with Crippen LogP contribution in [0, 0.1) is 6.92 Å². The van der Waals surface area contributed by atoms with Crippen LogP contribution in [0.3, 0.4) is 0 Å². The first-order chi connectivity index (χ1) is 18.4. The van der Waals surface area contributed by atoms with E-state index in [9.17, 15) is 14.7 Å². The quantitative estimate of drug-likeness (QED) is 0.159. The number of hydrogen-bond acceptors (Lipinski definition) is 6. The van der Waals surface area contributed by atoms with E-state index in [4.69, 9.17) is 14.2 Å². The van der Waals surface area contributed by atoms with Crippen LogP contribution >= 0.6 is 0 Å². The van der Waals surface area contributed by atoms with Crippen LogP contribution in [0.25, 0.3) is 5.76 Å². The van der Waals surface area contributed by atoms with E-state index in [0.717, 1.165) is 11.1 Å². The molecule has 0 spiro atoms. The second-order valence-corrected chi connectivity index (χ2v) is 9.14. The maximum Gasteiger partial charge on any atom is 0.295 e. The van der Waals surface area contributed by atoms with Gasteiger partial charge < -0.3 is 24.2 Å². The lowest BCUT2D eigenvalue weighted by Gasteiger charge is -2.25. The molecule has 1 N–H and O–H groups in total. The number of carbonyl (C=O) groups is 2. The molecule has 0 radical (unpaired) electrons. The maximum atomic E-state index is 13.2. The number of methoxy groups -OCH3 is 1. The third-order valence-corrected chi connectivity index (χ3v) is 6.41. The molecule has 1 unspecified atom stereocenters. The number of hydrogen-bond donors (Lipinski definition) is 1. The molecular formula is C31H33NO6. The Bertz CT molecular complexity index is 1300. The van der Waals surface area contributed by atoms with Crippen LogP contribution in [-0.4, -0.2) is 48.6 Å². The van der Waals surface area contributed by atoms with Crippen molar-refractivity contribution >= 4 is 17.4 Å². The lowest BCUT2D eigenvalue weighted by atomic mass is 9.95. The first-order valence-electron chi connectivity index (χ1n) is 12.7. The Morgan fingerprint density at radius 1 is 0.947 bits per heavy atom. The number of likely N-dealkylation sites (tertiary alicyclic amines) is 1. The number of Topliss-reactive ketones (excluding diaryl/α,β-unsaturated/α-hetero) is 1. The summed E-state index contributed by atoms with van der Waals surface area (Å²) in [5.74, 6) is -0.250. The predicted molar refractivity (Wildman–Crippen MR) is 145 cm³/mol. The Morgan fingerprint density at radius 2 is 1.63 bits per heavy atom. The summed E-state index contributed by atoms with van der Waals surface area (Å²) in [4.78, 5) is 27.7. The summed E-state index contributed by atoms with van der Waals surface area (Å²) in [6.45, 7) is 5.64. The first kappa shape index (κ1) is 26.9. The number of amides is 1. The molecule has 0 aromatic heterocycles. The average molecular weight is 516 g/mol. The molecule has 1 saturated heterocycles. The van der Waals surface area contributed by atoms with Gasteiger partial charge in [0.2, 0.25) is 0 Å². The fourth-order valence-corrected chi connectivity index (χ4v) is 4.58. The van der Waals surface area contributed by atoms with Gasteiger partial charge in [-0.15, -0.1) is 0 Å². The maximum absolute atomic E-state index is 13.2. The fraction of sp³-hybridized carbons (Fsp3) is 0.290. The van der Waals surface area contributed by atoms with Crippen molar-refractivity contribution in [3.63, 3.8) is 0 Å². The van der Waals surface area contributed by atoms with Crippen LogP contribution < -0.4 is 9.47 Å².